The first-order valence-electron chi connectivity index (χ1n) is 10.2. The molecule has 0 unspecified atom stereocenters. The summed E-state index contributed by atoms with van der Waals surface area (Å²) in [4.78, 5) is 26.5. The lowest BCUT2D eigenvalue weighted by Gasteiger charge is -2.26. The Hall–Kier alpha value is -3.11. The lowest BCUT2D eigenvalue weighted by Crippen LogP contribution is -2.42. The summed E-state index contributed by atoms with van der Waals surface area (Å²) >= 11 is 1.27. The normalized spacial score (nSPS) is 14.3. The topological polar surface area (TPSA) is 105 Å². The van der Waals surface area contributed by atoms with Crippen LogP contribution in [-0.2, 0) is 11.3 Å². The molecule has 3 heterocycles. The molecule has 0 aliphatic carbocycles. The van der Waals surface area contributed by atoms with Gasteiger partial charge in [-0.25, -0.2) is 0 Å². The second kappa shape index (κ2) is 10.3. The molecule has 3 aromatic rings. The summed E-state index contributed by atoms with van der Waals surface area (Å²) in [6.07, 6.45) is 5.06. The molecule has 2 amide bonds. The Morgan fingerprint density at radius 2 is 1.81 bits per heavy atom. The fraction of sp³-hybridized carbons (Fsp3) is 0.333. The molecule has 1 saturated heterocycles. The molecule has 10 heteroatoms. The smallest absolute Gasteiger partial charge is 0.305 e. The van der Waals surface area contributed by atoms with E-state index >= 15 is 0 Å². The molecular weight excluding hydrogens is 416 g/mol. The third kappa shape index (κ3) is 5.53. The molecule has 4 rings (SSSR count). The van der Waals surface area contributed by atoms with Gasteiger partial charge in [0, 0.05) is 5.69 Å². The highest BCUT2D eigenvalue weighted by Crippen LogP contribution is 2.23. The Kier molecular flexibility index (Phi) is 7.00. The number of carbonyl (C=O) groups excluding carboxylic acids is 2. The van der Waals surface area contributed by atoms with Crippen LogP contribution in [0.25, 0.3) is 5.69 Å². The molecule has 0 radical (unpaired) electrons. The van der Waals surface area contributed by atoms with Crippen molar-refractivity contribution in [1.29, 1.82) is 0 Å². The Bertz CT molecular complexity index is 1000. The molecule has 1 aromatic carbocycles. The third-order valence-corrected chi connectivity index (χ3v) is 5.85. The second-order valence-corrected chi connectivity index (χ2v) is 8.12. The van der Waals surface area contributed by atoms with Gasteiger partial charge >= 0.3 is 5.91 Å². The average Bonchev–Trinajstić information content (AvgIpc) is 3.48. The molecule has 0 atom stereocenters. The fourth-order valence-electron chi connectivity index (χ4n) is 3.41. The van der Waals surface area contributed by atoms with Crippen LogP contribution in [-0.4, -0.2) is 50.3 Å². The van der Waals surface area contributed by atoms with Crippen molar-refractivity contribution in [2.45, 2.75) is 31.0 Å². The molecule has 1 aliphatic heterocycles. The number of furan rings is 1. The van der Waals surface area contributed by atoms with E-state index in [0.29, 0.717) is 11.7 Å². The number of benzene rings is 1. The second-order valence-electron chi connectivity index (χ2n) is 7.17. The van der Waals surface area contributed by atoms with Gasteiger partial charge in [0.05, 0.1) is 18.6 Å². The number of piperidine rings is 1. The van der Waals surface area contributed by atoms with Crippen molar-refractivity contribution in [3.63, 3.8) is 0 Å². The van der Waals surface area contributed by atoms with Crippen molar-refractivity contribution >= 4 is 23.6 Å². The third-order valence-electron chi connectivity index (χ3n) is 4.92. The van der Waals surface area contributed by atoms with Gasteiger partial charge in [-0.3, -0.25) is 29.9 Å². The minimum Gasteiger partial charge on any atom is -0.459 e. The summed E-state index contributed by atoms with van der Waals surface area (Å²) in [5.74, 6) is 0.179. The average molecular weight is 441 g/mol. The van der Waals surface area contributed by atoms with Gasteiger partial charge in [0.2, 0.25) is 5.91 Å². The molecule has 9 nitrogen and oxygen atoms in total. The summed E-state index contributed by atoms with van der Waals surface area (Å²) in [5.41, 5.74) is 5.67. The Morgan fingerprint density at radius 3 is 2.55 bits per heavy atom. The van der Waals surface area contributed by atoms with E-state index in [-0.39, 0.29) is 17.4 Å². The molecule has 2 N–H and O–H groups in total. The number of nitrogens with zero attached hydrogens (tertiary/aromatic N) is 4. The first kappa shape index (κ1) is 21.1. The molecule has 1 fully saturated rings. The molecule has 0 bridgehead atoms. The van der Waals surface area contributed by atoms with Crippen LogP contribution in [0.2, 0.25) is 0 Å². The van der Waals surface area contributed by atoms with Crippen LogP contribution in [0.3, 0.4) is 0 Å². The summed E-state index contributed by atoms with van der Waals surface area (Å²) in [5, 5.41) is 9.37. The van der Waals surface area contributed by atoms with Gasteiger partial charge in [-0.1, -0.05) is 36.4 Å². The van der Waals surface area contributed by atoms with Crippen LogP contribution in [0.15, 0.2) is 58.3 Å². The maximum absolute atomic E-state index is 12.2. The largest absolute Gasteiger partial charge is 0.459 e. The van der Waals surface area contributed by atoms with Gasteiger partial charge in [0.25, 0.3) is 0 Å². The monoisotopic (exact) mass is 440 g/mol. The number of hydrogen-bond donors (Lipinski definition) is 2. The molecule has 31 heavy (non-hydrogen) atoms. The zero-order valence-electron chi connectivity index (χ0n) is 17.0. The van der Waals surface area contributed by atoms with Crippen LogP contribution < -0.4 is 10.9 Å². The number of carbonyl (C=O) groups is 2. The fourth-order valence-corrected chi connectivity index (χ4v) is 4.18. The summed E-state index contributed by atoms with van der Waals surface area (Å²) in [6.45, 7) is 2.83. The van der Waals surface area contributed by atoms with Gasteiger partial charge < -0.3 is 4.42 Å². The van der Waals surface area contributed by atoms with Crippen molar-refractivity contribution in [1.82, 2.24) is 30.5 Å². The number of rotatable bonds is 7. The lowest BCUT2D eigenvalue weighted by atomic mass is 10.1. The number of hydrogen-bond acceptors (Lipinski definition) is 7. The van der Waals surface area contributed by atoms with E-state index in [4.69, 9.17) is 4.42 Å². The number of thioether (sulfide) groups is 1. The van der Waals surface area contributed by atoms with Crippen molar-refractivity contribution < 1.29 is 14.0 Å². The van der Waals surface area contributed by atoms with Crippen molar-refractivity contribution in [3.05, 3.63) is 60.3 Å². The quantitative estimate of drug-likeness (QED) is 0.429. The number of aromatic nitrogens is 3. The van der Waals surface area contributed by atoms with Gasteiger partial charge in [-0.05, 0) is 50.2 Å². The molecule has 0 saturated carbocycles. The predicted molar refractivity (Wildman–Crippen MR) is 116 cm³/mol. The summed E-state index contributed by atoms with van der Waals surface area (Å²) < 4.78 is 6.99. The molecule has 162 valence electrons. The number of nitrogens with one attached hydrogen (secondary N) is 2. The van der Waals surface area contributed by atoms with Crippen LogP contribution >= 0.6 is 11.8 Å². The van der Waals surface area contributed by atoms with E-state index in [1.165, 1.54) is 43.4 Å². The Labute approximate surface area is 184 Å². The molecule has 2 aromatic heterocycles. The number of para-hydroxylation sites is 1. The highest BCUT2D eigenvalue weighted by molar-refractivity contribution is 7.99. The van der Waals surface area contributed by atoms with Gasteiger partial charge in [-0.15, -0.1) is 10.2 Å². The molecular formula is C21H24N6O3S. The van der Waals surface area contributed by atoms with Crippen molar-refractivity contribution in [2.75, 3.05) is 18.8 Å². The summed E-state index contributed by atoms with van der Waals surface area (Å²) in [7, 11) is 0. The van der Waals surface area contributed by atoms with Crippen LogP contribution in [0.1, 0.15) is 35.6 Å². The maximum Gasteiger partial charge on any atom is 0.305 e. The van der Waals surface area contributed by atoms with Crippen LogP contribution in [0.4, 0.5) is 0 Å². The van der Waals surface area contributed by atoms with E-state index in [0.717, 1.165) is 24.6 Å². The number of hydrazine groups is 1. The predicted octanol–water partition coefficient (Wildman–Crippen LogP) is 2.40. The van der Waals surface area contributed by atoms with E-state index in [2.05, 4.69) is 25.9 Å². The molecule has 0 spiro atoms. The summed E-state index contributed by atoms with van der Waals surface area (Å²) in [6, 6.07) is 13.0. The first-order chi connectivity index (χ1) is 15.2. The number of likely N-dealkylation sites (tertiary alicyclic amines) is 1. The van der Waals surface area contributed by atoms with Crippen molar-refractivity contribution in [2.24, 2.45) is 0 Å². The Balaban J connectivity index is 1.41. The minimum atomic E-state index is -0.514. The van der Waals surface area contributed by atoms with Gasteiger partial charge in [0.1, 0.15) is 0 Å². The Morgan fingerprint density at radius 1 is 1.00 bits per heavy atom. The van der Waals surface area contributed by atoms with E-state index in [9.17, 15) is 9.59 Å². The standard InChI is InChI=1S/C21H24N6O3S/c28-19(23-24-20(29)17-10-7-13-30-17)15-31-21-25-22-18(14-26-11-5-2-6-12-26)27(21)16-8-3-1-4-9-16/h1,3-4,7-10,13H,2,5-6,11-12,14-15H2,(H,23,28)(H,24,29). The maximum atomic E-state index is 12.2. The van der Waals surface area contributed by atoms with Crippen molar-refractivity contribution in [3.8, 4) is 5.69 Å². The van der Waals surface area contributed by atoms with E-state index in [1.54, 1.807) is 6.07 Å². The van der Waals surface area contributed by atoms with Crippen LogP contribution in [0, 0.1) is 0 Å². The van der Waals surface area contributed by atoms with E-state index in [1.807, 2.05) is 34.9 Å². The lowest BCUT2D eigenvalue weighted by molar-refractivity contribution is -0.119. The zero-order chi connectivity index (χ0) is 21.5. The molecule has 1 aliphatic rings. The number of amides is 2. The highest BCUT2D eigenvalue weighted by atomic mass is 32.2. The SMILES string of the molecule is O=C(CSc1nnc(CN2CCCCC2)n1-c1ccccc1)NNC(=O)c1ccco1. The van der Waals surface area contributed by atoms with Gasteiger partial charge in [-0.2, -0.15) is 0 Å². The first-order valence-corrected chi connectivity index (χ1v) is 11.2. The highest BCUT2D eigenvalue weighted by Gasteiger charge is 2.19. The zero-order valence-corrected chi connectivity index (χ0v) is 17.8. The van der Waals surface area contributed by atoms with Crippen LogP contribution in [0.5, 0.6) is 0 Å². The van der Waals surface area contributed by atoms with E-state index < -0.39 is 5.91 Å². The minimum absolute atomic E-state index is 0.0765. The van der Waals surface area contributed by atoms with Gasteiger partial charge in [0.15, 0.2) is 16.7 Å².